The van der Waals surface area contributed by atoms with Crippen LogP contribution in [-0.4, -0.2) is 5.78 Å². The number of hydrogen-bond acceptors (Lipinski definition) is 2. The van der Waals surface area contributed by atoms with Gasteiger partial charge in [-0.2, -0.15) is 0 Å². The summed E-state index contributed by atoms with van der Waals surface area (Å²) in [4.78, 5) is 12.7. The van der Waals surface area contributed by atoms with Crippen molar-refractivity contribution in [2.45, 2.75) is 6.92 Å². The van der Waals surface area contributed by atoms with Gasteiger partial charge in [-0.1, -0.05) is 12.1 Å². The maximum Gasteiger partial charge on any atom is 0.203 e. The third kappa shape index (κ3) is 2.67. The Morgan fingerprint density at radius 3 is 2.53 bits per heavy atom. The Balaban J connectivity index is 2.40. The molecule has 2 rings (SSSR count). The Labute approximate surface area is 119 Å². The lowest BCUT2D eigenvalue weighted by atomic mass is 10.1. The van der Waals surface area contributed by atoms with E-state index in [0.29, 0.717) is 16.0 Å². The molecule has 0 radical (unpaired) electrons. The number of rotatable bonds is 2. The average molecular weight is 378 g/mol. The fraction of sp³-hybridized carbons (Fsp3) is 0.0833. The van der Waals surface area contributed by atoms with Crippen LogP contribution in [0.25, 0.3) is 0 Å². The predicted molar refractivity (Wildman–Crippen MR) is 74.3 cm³/mol. The molecule has 0 aliphatic rings. The van der Waals surface area contributed by atoms with E-state index in [-0.39, 0.29) is 11.6 Å². The van der Waals surface area contributed by atoms with E-state index in [1.54, 1.807) is 25.1 Å². The molecule has 0 saturated heterocycles. The van der Waals surface area contributed by atoms with Gasteiger partial charge in [0, 0.05) is 10.0 Å². The molecule has 1 nitrogen and oxygen atoms in total. The summed E-state index contributed by atoms with van der Waals surface area (Å²) < 4.78 is 15.1. The molecule has 0 unspecified atom stereocenters. The van der Waals surface area contributed by atoms with Crippen molar-refractivity contribution in [3.63, 3.8) is 0 Å². The quantitative estimate of drug-likeness (QED) is 0.676. The summed E-state index contributed by atoms with van der Waals surface area (Å²) in [5.74, 6) is -0.522. The minimum absolute atomic E-state index is 0.166. The van der Waals surface area contributed by atoms with Crippen LogP contribution in [0, 0.1) is 12.7 Å². The van der Waals surface area contributed by atoms with Crippen LogP contribution in [0.1, 0.15) is 20.8 Å². The monoisotopic (exact) mass is 376 g/mol. The molecule has 0 amide bonds. The van der Waals surface area contributed by atoms with Gasteiger partial charge in [-0.3, -0.25) is 4.79 Å². The van der Waals surface area contributed by atoms with Gasteiger partial charge in [0.15, 0.2) is 0 Å². The molecule has 0 aliphatic carbocycles. The third-order valence-electron chi connectivity index (χ3n) is 2.30. The molecular weight excluding hydrogens is 371 g/mol. The number of hydrogen-bond donors (Lipinski definition) is 0. The van der Waals surface area contributed by atoms with Gasteiger partial charge in [0.2, 0.25) is 5.78 Å². The highest BCUT2D eigenvalue weighted by Crippen LogP contribution is 2.33. The zero-order chi connectivity index (χ0) is 12.6. The van der Waals surface area contributed by atoms with Crippen LogP contribution in [0.5, 0.6) is 0 Å². The highest BCUT2D eigenvalue weighted by atomic mass is 79.9. The predicted octanol–water partition coefficient (Wildman–Crippen LogP) is 4.95. The summed E-state index contributed by atoms with van der Waals surface area (Å²) >= 11 is 7.97. The van der Waals surface area contributed by atoms with Crippen LogP contribution in [0.2, 0.25) is 0 Å². The molecule has 5 heteroatoms. The SMILES string of the molecule is Cc1ccc(C(=O)c2cc(Br)c(Br)s2)cc1F. The molecule has 0 fully saturated rings. The first-order valence-electron chi connectivity index (χ1n) is 4.74. The molecule has 0 atom stereocenters. The topological polar surface area (TPSA) is 17.1 Å². The molecule has 17 heavy (non-hydrogen) atoms. The van der Waals surface area contributed by atoms with Gasteiger partial charge in [-0.25, -0.2) is 4.39 Å². The molecule has 0 N–H and O–H groups in total. The molecule has 0 saturated carbocycles. The van der Waals surface area contributed by atoms with Crippen LogP contribution >= 0.6 is 43.2 Å². The van der Waals surface area contributed by atoms with Crippen molar-refractivity contribution < 1.29 is 9.18 Å². The Bertz CT molecular complexity index is 573. The van der Waals surface area contributed by atoms with Crippen molar-refractivity contribution in [1.29, 1.82) is 0 Å². The lowest BCUT2D eigenvalue weighted by molar-refractivity contribution is 0.104. The number of benzene rings is 1. The molecule has 1 aromatic heterocycles. The van der Waals surface area contributed by atoms with Gasteiger partial charge in [0.25, 0.3) is 0 Å². The maximum atomic E-state index is 13.4. The molecule has 1 heterocycles. The lowest BCUT2D eigenvalue weighted by Crippen LogP contribution is -1.99. The van der Waals surface area contributed by atoms with Gasteiger partial charge < -0.3 is 0 Å². The van der Waals surface area contributed by atoms with E-state index in [0.717, 1.165) is 8.26 Å². The second-order valence-electron chi connectivity index (χ2n) is 3.53. The van der Waals surface area contributed by atoms with E-state index in [1.165, 1.54) is 17.4 Å². The van der Waals surface area contributed by atoms with Gasteiger partial charge in [0.1, 0.15) is 5.82 Å². The minimum atomic E-state index is -0.356. The standard InChI is InChI=1S/C12H7Br2FOS/c1-6-2-3-7(4-9(6)15)11(16)10-5-8(13)12(14)17-10/h2-5H,1H3. The molecule has 88 valence electrons. The van der Waals surface area contributed by atoms with Gasteiger partial charge in [-0.05, 0) is 56.5 Å². The van der Waals surface area contributed by atoms with Crippen molar-refractivity contribution >= 4 is 49.0 Å². The van der Waals surface area contributed by atoms with Crippen LogP contribution in [0.4, 0.5) is 4.39 Å². The van der Waals surface area contributed by atoms with Crippen LogP contribution in [-0.2, 0) is 0 Å². The molecular formula is C12H7Br2FOS. The fourth-order valence-corrected chi connectivity index (χ4v) is 3.33. The zero-order valence-corrected chi connectivity index (χ0v) is 12.7. The van der Waals surface area contributed by atoms with Crippen LogP contribution in [0.15, 0.2) is 32.5 Å². The Kier molecular flexibility index (Phi) is 3.80. The summed E-state index contributed by atoms with van der Waals surface area (Å²) in [6.07, 6.45) is 0. The first-order valence-corrected chi connectivity index (χ1v) is 7.15. The first kappa shape index (κ1) is 12.9. The normalized spacial score (nSPS) is 10.6. The summed E-state index contributed by atoms with van der Waals surface area (Å²) in [5, 5.41) is 0. The smallest absolute Gasteiger partial charge is 0.203 e. The number of carbonyl (C=O) groups is 1. The largest absolute Gasteiger partial charge is 0.288 e. The summed E-state index contributed by atoms with van der Waals surface area (Å²) in [6.45, 7) is 1.67. The number of ketones is 1. The molecule has 0 bridgehead atoms. The fourth-order valence-electron chi connectivity index (χ4n) is 1.33. The van der Waals surface area contributed by atoms with Crippen molar-refractivity contribution in [1.82, 2.24) is 0 Å². The summed E-state index contributed by atoms with van der Waals surface area (Å²) in [7, 11) is 0. The summed E-state index contributed by atoms with van der Waals surface area (Å²) in [5.41, 5.74) is 0.907. The summed E-state index contributed by atoms with van der Waals surface area (Å²) in [6, 6.07) is 6.26. The highest BCUT2D eigenvalue weighted by Gasteiger charge is 2.15. The van der Waals surface area contributed by atoms with E-state index < -0.39 is 0 Å². The van der Waals surface area contributed by atoms with Crippen molar-refractivity contribution in [3.05, 3.63) is 54.3 Å². The van der Waals surface area contributed by atoms with Crippen LogP contribution in [0.3, 0.4) is 0 Å². The number of aryl methyl sites for hydroxylation is 1. The van der Waals surface area contributed by atoms with E-state index in [4.69, 9.17) is 0 Å². The lowest BCUT2D eigenvalue weighted by Gasteiger charge is -2.00. The molecule has 1 aromatic carbocycles. The molecule has 0 aliphatic heterocycles. The van der Waals surface area contributed by atoms with E-state index >= 15 is 0 Å². The van der Waals surface area contributed by atoms with Crippen molar-refractivity contribution in [2.24, 2.45) is 0 Å². The Hall–Kier alpha value is -0.520. The van der Waals surface area contributed by atoms with Crippen molar-refractivity contribution in [3.8, 4) is 0 Å². The van der Waals surface area contributed by atoms with E-state index in [9.17, 15) is 9.18 Å². The van der Waals surface area contributed by atoms with E-state index in [1.807, 2.05) is 0 Å². The van der Waals surface area contributed by atoms with Crippen LogP contribution < -0.4 is 0 Å². The highest BCUT2D eigenvalue weighted by molar-refractivity contribution is 9.13. The number of carbonyl (C=O) groups excluding carboxylic acids is 1. The molecule has 0 spiro atoms. The first-order chi connectivity index (χ1) is 7.99. The average Bonchev–Trinajstić information content (AvgIpc) is 2.62. The van der Waals surface area contributed by atoms with Gasteiger partial charge in [-0.15, -0.1) is 11.3 Å². The van der Waals surface area contributed by atoms with Crippen molar-refractivity contribution in [2.75, 3.05) is 0 Å². The third-order valence-corrected chi connectivity index (χ3v) is 5.56. The Morgan fingerprint density at radius 2 is 2.00 bits per heavy atom. The second-order valence-corrected chi connectivity index (χ2v) is 6.75. The number of thiophene rings is 1. The zero-order valence-electron chi connectivity index (χ0n) is 8.76. The van der Waals surface area contributed by atoms with E-state index in [2.05, 4.69) is 31.9 Å². The Morgan fingerprint density at radius 1 is 1.29 bits per heavy atom. The second kappa shape index (κ2) is 5.00. The van der Waals surface area contributed by atoms with Gasteiger partial charge >= 0.3 is 0 Å². The maximum absolute atomic E-state index is 13.4. The van der Waals surface area contributed by atoms with Gasteiger partial charge in [0.05, 0.1) is 8.66 Å². The number of halogens is 3. The minimum Gasteiger partial charge on any atom is -0.288 e. The molecule has 2 aromatic rings.